The Hall–Kier alpha value is 0.354. The molecule has 0 aliphatic heterocycles. The van der Waals surface area contributed by atoms with Gasteiger partial charge in [0.15, 0.2) is 16.6 Å². The average molecular weight is 549 g/mol. The van der Waals surface area contributed by atoms with Crippen LogP contribution in [0.2, 0.25) is 36.3 Å². The molecule has 4 fully saturated rings. The fraction of sp³-hybridized carbons (Fsp3) is 1.00. The lowest BCUT2D eigenvalue weighted by Gasteiger charge is -2.61. The topological polar surface area (TPSA) is 18.5 Å². The molecular formula is C33H64O2Si2. The third kappa shape index (κ3) is 5.26. The summed E-state index contributed by atoms with van der Waals surface area (Å²) in [5.41, 5.74) is 1.02. The van der Waals surface area contributed by atoms with Crippen molar-refractivity contribution >= 4 is 16.6 Å². The molecule has 37 heavy (non-hydrogen) atoms. The van der Waals surface area contributed by atoms with E-state index >= 15 is 0 Å². The summed E-state index contributed by atoms with van der Waals surface area (Å²) in [7, 11) is -3.43. The minimum absolute atomic E-state index is 0.290. The first-order chi connectivity index (χ1) is 16.7. The van der Waals surface area contributed by atoms with Crippen molar-refractivity contribution < 1.29 is 8.85 Å². The summed E-state index contributed by atoms with van der Waals surface area (Å²) in [4.78, 5) is 0. The number of rotatable bonds is 5. The van der Waals surface area contributed by atoms with Gasteiger partial charge < -0.3 is 8.85 Å². The van der Waals surface area contributed by atoms with E-state index in [0.717, 1.165) is 29.6 Å². The van der Waals surface area contributed by atoms with Crippen molar-refractivity contribution in [3.05, 3.63) is 0 Å². The molecule has 0 aromatic heterocycles. The first-order valence-corrected chi connectivity index (χ1v) is 21.9. The van der Waals surface area contributed by atoms with E-state index < -0.39 is 16.6 Å². The first-order valence-electron chi connectivity index (χ1n) is 16.1. The summed E-state index contributed by atoms with van der Waals surface area (Å²) in [6.07, 6.45) is 13.6. The quantitative estimate of drug-likeness (QED) is 0.318. The summed E-state index contributed by atoms with van der Waals surface area (Å²) in [5, 5.41) is 0.599. The van der Waals surface area contributed by atoms with Gasteiger partial charge in [0.05, 0.1) is 0 Å². The van der Waals surface area contributed by atoms with Crippen LogP contribution in [-0.2, 0) is 8.85 Å². The van der Waals surface area contributed by atoms with Crippen molar-refractivity contribution in [3.8, 4) is 0 Å². The second-order valence-electron chi connectivity index (χ2n) is 17.7. The Morgan fingerprint density at radius 3 is 1.86 bits per heavy atom. The van der Waals surface area contributed by atoms with Gasteiger partial charge in [-0.05, 0) is 141 Å². The van der Waals surface area contributed by atoms with Crippen LogP contribution in [0, 0.1) is 40.4 Å². The molecular weight excluding hydrogens is 485 g/mol. The summed E-state index contributed by atoms with van der Waals surface area (Å²) >= 11 is 0. The van der Waals surface area contributed by atoms with Gasteiger partial charge in [0, 0.05) is 12.2 Å². The van der Waals surface area contributed by atoms with Crippen LogP contribution in [0.15, 0.2) is 0 Å². The van der Waals surface area contributed by atoms with Crippen molar-refractivity contribution in [1.29, 1.82) is 0 Å². The molecule has 4 aliphatic carbocycles. The molecule has 216 valence electrons. The highest BCUT2D eigenvalue weighted by Gasteiger charge is 2.61. The van der Waals surface area contributed by atoms with Gasteiger partial charge >= 0.3 is 0 Å². The maximum absolute atomic E-state index is 7.05. The van der Waals surface area contributed by atoms with Crippen molar-refractivity contribution in [1.82, 2.24) is 0 Å². The van der Waals surface area contributed by atoms with Crippen LogP contribution in [-0.4, -0.2) is 28.8 Å². The fourth-order valence-corrected chi connectivity index (χ4v) is 12.3. The first kappa shape index (κ1) is 30.3. The highest BCUT2D eigenvalue weighted by Crippen LogP contribution is 2.68. The molecule has 9 atom stereocenters. The largest absolute Gasteiger partial charge is 0.414 e. The molecule has 4 heteroatoms. The summed E-state index contributed by atoms with van der Waals surface area (Å²) in [5.74, 6) is 4.42. The summed E-state index contributed by atoms with van der Waals surface area (Å²) in [6.45, 7) is 32.0. The predicted molar refractivity (Wildman–Crippen MR) is 165 cm³/mol. The summed E-state index contributed by atoms with van der Waals surface area (Å²) in [6, 6.07) is 0. The predicted octanol–water partition coefficient (Wildman–Crippen LogP) is 10.4. The Labute approximate surface area is 234 Å². The van der Waals surface area contributed by atoms with E-state index in [-0.39, 0.29) is 5.04 Å². The molecule has 0 radical (unpaired) electrons. The molecule has 2 nitrogen and oxygen atoms in total. The maximum atomic E-state index is 7.05. The zero-order valence-electron chi connectivity index (χ0n) is 27.2. The Balaban J connectivity index is 1.45. The van der Waals surface area contributed by atoms with Crippen molar-refractivity contribution in [2.24, 2.45) is 40.4 Å². The molecule has 0 N–H and O–H groups in total. The molecule has 0 aromatic rings. The second-order valence-corrected chi connectivity index (χ2v) is 27.3. The van der Waals surface area contributed by atoms with Crippen LogP contribution in [0.1, 0.15) is 120 Å². The molecule has 0 amide bonds. The monoisotopic (exact) mass is 548 g/mol. The third-order valence-corrected chi connectivity index (χ3v) is 22.9. The van der Waals surface area contributed by atoms with E-state index in [1.807, 2.05) is 0 Å². The molecule has 0 bridgehead atoms. The van der Waals surface area contributed by atoms with Crippen LogP contribution < -0.4 is 0 Å². The molecule has 0 spiro atoms. The molecule has 0 heterocycles. The third-order valence-electron chi connectivity index (χ3n) is 13.8. The lowest BCUT2D eigenvalue weighted by Crippen LogP contribution is -2.56. The lowest BCUT2D eigenvalue weighted by atomic mass is 9.44. The van der Waals surface area contributed by atoms with Gasteiger partial charge in [0.1, 0.15) is 0 Å². The molecule has 4 rings (SSSR count). The second kappa shape index (κ2) is 9.73. The normalized spacial score (nSPS) is 42.1. The van der Waals surface area contributed by atoms with Gasteiger partial charge in [-0.15, -0.1) is 0 Å². The SMILES string of the molecule is C[C@@H](O[Si](C)(C)C(C)(C)C)[C@H]1CC[C@H]2[C@@H]3CC[C@@H]4C[C@H](O[Si](C)(C)C(C)(C)C)CC[C@]4(C)[C@H]3CC[C@]12C. The van der Waals surface area contributed by atoms with E-state index in [1.54, 1.807) is 0 Å². The minimum atomic E-state index is -1.74. The Kier molecular flexibility index (Phi) is 7.97. The van der Waals surface area contributed by atoms with E-state index in [4.69, 9.17) is 8.85 Å². The maximum Gasteiger partial charge on any atom is 0.192 e. The van der Waals surface area contributed by atoms with E-state index in [9.17, 15) is 0 Å². The standard InChI is InChI=1S/C33H64O2Si2/c1-23(34-36(10,11)30(2,3)4)27-16-17-28-26-15-14-24-22-25(35-37(12,13)31(5,6)7)18-20-32(24,8)29(26)19-21-33(27,28)9/h23-29H,14-22H2,1-13H3/t23-,24-,25-,26+,27-,28+,29+,32+,33-/m1/s1. The molecule has 4 saturated carbocycles. The Morgan fingerprint density at radius 2 is 1.27 bits per heavy atom. The fourth-order valence-electron chi connectivity index (χ4n) is 9.45. The molecule has 0 unspecified atom stereocenters. The van der Waals surface area contributed by atoms with Gasteiger partial charge in [-0.25, -0.2) is 0 Å². The lowest BCUT2D eigenvalue weighted by molar-refractivity contribution is -0.130. The zero-order chi connectivity index (χ0) is 27.8. The van der Waals surface area contributed by atoms with Crippen LogP contribution >= 0.6 is 0 Å². The van der Waals surface area contributed by atoms with Gasteiger partial charge in [-0.1, -0.05) is 55.4 Å². The van der Waals surface area contributed by atoms with E-state index in [0.29, 0.717) is 28.1 Å². The van der Waals surface area contributed by atoms with Crippen molar-refractivity contribution in [3.63, 3.8) is 0 Å². The highest BCUT2D eigenvalue weighted by atomic mass is 28.4. The average Bonchev–Trinajstić information content (AvgIpc) is 3.09. The minimum Gasteiger partial charge on any atom is -0.414 e. The van der Waals surface area contributed by atoms with Crippen molar-refractivity contribution in [2.75, 3.05) is 0 Å². The van der Waals surface area contributed by atoms with Crippen molar-refractivity contribution in [2.45, 2.75) is 169 Å². The number of hydrogen-bond donors (Lipinski definition) is 0. The smallest absolute Gasteiger partial charge is 0.192 e. The van der Waals surface area contributed by atoms with Crippen LogP contribution in [0.5, 0.6) is 0 Å². The highest BCUT2D eigenvalue weighted by molar-refractivity contribution is 6.74. The number of hydrogen-bond acceptors (Lipinski definition) is 2. The van der Waals surface area contributed by atoms with Crippen LogP contribution in [0.4, 0.5) is 0 Å². The van der Waals surface area contributed by atoms with Gasteiger partial charge in [-0.2, -0.15) is 0 Å². The van der Waals surface area contributed by atoms with Crippen LogP contribution in [0.3, 0.4) is 0 Å². The van der Waals surface area contributed by atoms with E-state index in [1.165, 1.54) is 57.8 Å². The molecule has 4 aliphatic rings. The summed E-state index contributed by atoms with van der Waals surface area (Å²) < 4.78 is 14.0. The zero-order valence-corrected chi connectivity index (χ0v) is 29.2. The van der Waals surface area contributed by atoms with Gasteiger partial charge in [0.2, 0.25) is 0 Å². The Morgan fingerprint density at radius 1 is 0.703 bits per heavy atom. The molecule has 0 saturated heterocycles. The van der Waals surface area contributed by atoms with E-state index in [2.05, 4.69) is 88.5 Å². The Bertz CT molecular complexity index is 823. The molecule has 0 aromatic carbocycles. The number of fused-ring (bicyclic) bond motifs is 5. The van der Waals surface area contributed by atoms with Gasteiger partial charge in [0.25, 0.3) is 0 Å². The van der Waals surface area contributed by atoms with Gasteiger partial charge in [-0.3, -0.25) is 0 Å². The van der Waals surface area contributed by atoms with Crippen LogP contribution in [0.25, 0.3) is 0 Å².